The molecule has 5 rings (SSSR count). The molecule has 7 N–H and O–H groups in total. The number of aryl methyl sites for hydroxylation is 1. The summed E-state index contributed by atoms with van der Waals surface area (Å²) in [5.74, 6) is 0.0784. The fourth-order valence-corrected chi connectivity index (χ4v) is 6.11. The van der Waals surface area contributed by atoms with E-state index >= 15 is 0 Å². The lowest BCUT2D eigenvalue weighted by atomic mass is 10.0. The number of pyridine rings is 1. The van der Waals surface area contributed by atoms with Gasteiger partial charge in [-0.1, -0.05) is 50.2 Å². The molecule has 3 heterocycles. The number of nitrogens with one attached hydrogen (secondary N) is 2. The Balaban J connectivity index is 1.56. The van der Waals surface area contributed by atoms with Gasteiger partial charge < -0.3 is 31.8 Å². The lowest BCUT2D eigenvalue weighted by Gasteiger charge is -2.28. The average Bonchev–Trinajstić information content (AvgIpc) is 3.44. The van der Waals surface area contributed by atoms with Crippen molar-refractivity contribution in [3.05, 3.63) is 88.0 Å². The summed E-state index contributed by atoms with van der Waals surface area (Å²) in [5.41, 5.74) is 15.3. The maximum atomic E-state index is 13.8. The Morgan fingerprint density at radius 1 is 1.06 bits per heavy atom. The largest absolute Gasteiger partial charge is 0.392 e. The van der Waals surface area contributed by atoms with Gasteiger partial charge in [-0.05, 0) is 67.5 Å². The van der Waals surface area contributed by atoms with E-state index in [1.54, 1.807) is 7.05 Å². The third-order valence-electron chi connectivity index (χ3n) is 8.50. The SMILES string of the molecule is CC(C)Cc1nn(C)c(=O)c2c(-c3cccc(CO)c3)n(Cc3cc(NC(C)(C)CNC(=O)C(N)CCC(N)=O)nc4ccccc34)cc12. The third-order valence-corrected chi connectivity index (χ3v) is 8.50. The van der Waals surface area contributed by atoms with Gasteiger partial charge in [0.1, 0.15) is 5.82 Å². The van der Waals surface area contributed by atoms with E-state index in [1.807, 2.05) is 74.6 Å². The second kappa shape index (κ2) is 14.6. The van der Waals surface area contributed by atoms with Crippen LogP contribution in [0.4, 0.5) is 5.82 Å². The molecule has 1 unspecified atom stereocenters. The van der Waals surface area contributed by atoms with Crippen molar-refractivity contribution in [2.75, 3.05) is 11.9 Å². The second-order valence-corrected chi connectivity index (χ2v) is 13.7. The number of aliphatic hydroxyl groups excluding tert-OH is 1. The zero-order chi connectivity index (χ0) is 35.5. The Kier molecular flexibility index (Phi) is 10.5. The van der Waals surface area contributed by atoms with Gasteiger partial charge in [0, 0.05) is 43.5 Å². The Labute approximate surface area is 285 Å². The predicted octanol–water partition coefficient (Wildman–Crippen LogP) is 3.59. The van der Waals surface area contributed by atoms with Crippen molar-refractivity contribution < 1.29 is 14.7 Å². The van der Waals surface area contributed by atoms with Gasteiger partial charge in [-0.25, -0.2) is 9.67 Å². The number of anilines is 1. The van der Waals surface area contributed by atoms with Crippen molar-refractivity contribution >= 4 is 39.3 Å². The quantitative estimate of drug-likeness (QED) is 0.119. The lowest BCUT2D eigenvalue weighted by molar-refractivity contribution is -0.123. The minimum atomic E-state index is -0.842. The summed E-state index contributed by atoms with van der Waals surface area (Å²) < 4.78 is 3.51. The summed E-state index contributed by atoms with van der Waals surface area (Å²) in [5, 5.41) is 23.3. The first-order valence-electron chi connectivity index (χ1n) is 16.5. The first-order chi connectivity index (χ1) is 23.3. The minimum absolute atomic E-state index is 0.0374. The van der Waals surface area contributed by atoms with Crippen LogP contribution in [0.1, 0.15) is 57.4 Å². The summed E-state index contributed by atoms with van der Waals surface area (Å²) in [6.07, 6.45) is 2.94. The van der Waals surface area contributed by atoms with Crippen LogP contribution in [-0.4, -0.2) is 54.4 Å². The maximum Gasteiger partial charge on any atom is 0.276 e. The number of benzene rings is 2. The van der Waals surface area contributed by atoms with E-state index in [0.717, 1.165) is 44.4 Å². The van der Waals surface area contributed by atoms with Gasteiger partial charge >= 0.3 is 0 Å². The van der Waals surface area contributed by atoms with Gasteiger partial charge in [0.2, 0.25) is 11.8 Å². The molecule has 0 aliphatic carbocycles. The Hall–Kier alpha value is -5.07. The highest BCUT2D eigenvalue weighted by Crippen LogP contribution is 2.33. The Morgan fingerprint density at radius 2 is 1.82 bits per heavy atom. The van der Waals surface area contributed by atoms with Gasteiger partial charge in [-0.15, -0.1) is 0 Å². The monoisotopic (exact) mass is 666 g/mol. The first kappa shape index (κ1) is 35.2. The van der Waals surface area contributed by atoms with Crippen molar-refractivity contribution in [1.29, 1.82) is 0 Å². The number of carbonyl (C=O) groups is 2. The maximum absolute atomic E-state index is 13.8. The molecule has 2 aromatic carbocycles. The standard InChI is InChI=1S/C37H46N8O4/c1-22(2)15-30-27-19-45(34(33(27)36(49)44(5)43-30)24-10-8-9-23(16-24)20-46)18-25-17-32(41-29-12-7-6-11-26(25)29)42-37(3,4)21-40-35(48)28(38)13-14-31(39)47/h6-12,16-17,19,22,28,46H,13-15,18,20-21,38H2,1-5H3,(H2,39,47)(H,40,48)(H,41,42). The smallest absolute Gasteiger partial charge is 0.276 e. The molecule has 0 spiro atoms. The molecule has 12 heteroatoms. The van der Waals surface area contributed by atoms with Crippen LogP contribution in [0.5, 0.6) is 0 Å². The van der Waals surface area contributed by atoms with E-state index in [9.17, 15) is 19.5 Å². The highest BCUT2D eigenvalue weighted by molar-refractivity contribution is 5.97. The van der Waals surface area contributed by atoms with E-state index in [0.29, 0.717) is 30.1 Å². The van der Waals surface area contributed by atoms with Crippen LogP contribution in [0.2, 0.25) is 0 Å². The number of hydrogen-bond acceptors (Lipinski definition) is 8. The topological polar surface area (TPSA) is 183 Å². The van der Waals surface area contributed by atoms with E-state index in [-0.39, 0.29) is 37.5 Å². The van der Waals surface area contributed by atoms with Gasteiger partial charge in [0.25, 0.3) is 5.56 Å². The molecule has 1 atom stereocenters. The molecule has 0 fully saturated rings. The molecule has 5 aromatic rings. The van der Waals surface area contributed by atoms with Gasteiger partial charge in [-0.2, -0.15) is 5.10 Å². The van der Waals surface area contributed by atoms with E-state index < -0.39 is 17.5 Å². The number of primary amides is 1. The third kappa shape index (κ3) is 8.15. The molecule has 0 saturated carbocycles. The summed E-state index contributed by atoms with van der Waals surface area (Å²) in [6.45, 7) is 8.70. The second-order valence-electron chi connectivity index (χ2n) is 13.7. The molecule has 0 aliphatic rings. The van der Waals surface area contributed by atoms with Gasteiger partial charge in [0.05, 0.1) is 40.5 Å². The minimum Gasteiger partial charge on any atom is -0.392 e. The molecule has 258 valence electrons. The number of nitrogens with zero attached hydrogens (tertiary/aromatic N) is 4. The fourth-order valence-electron chi connectivity index (χ4n) is 6.11. The molecular formula is C37H46N8O4. The molecule has 3 aromatic heterocycles. The van der Waals surface area contributed by atoms with Crippen molar-refractivity contribution in [1.82, 2.24) is 24.6 Å². The normalized spacial score (nSPS) is 12.5. The summed E-state index contributed by atoms with van der Waals surface area (Å²) >= 11 is 0. The highest BCUT2D eigenvalue weighted by atomic mass is 16.3. The number of para-hydroxylation sites is 1. The molecule has 0 radical (unpaired) electrons. The zero-order valence-corrected chi connectivity index (χ0v) is 28.8. The highest BCUT2D eigenvalue weighted by Gasteiger charge is 2.24. The molecule has 12 nitrogen and oxygen atoms in total. The summed E-state index contributed by atoms with van der Waals surface area (Å²) in [4.78, 5) is 42.4. The van der Waals surface area contributed by atoms with Crippen molar-refractivity contribution in [3.63, 3.8) is 0 Å². The Morgan fingerprint density at radius 3 is 2.53 bits per heavy atom. The number of aliphatic hydroxyl groups is 1. The number of carbonyl (C=O) groups excluding carboxylic acids is 2. The van der Waals surface area contributed by atoms with Crippen molar-refractivity contribution in [3.8, 4) is 11.3 Å². The average molecular weight is 667 g/mol. The van der Waals surface area contributed by atoms with Crippen LogP contribution < -0.4 is 27.7 Å². The van der Waals surface area contributed by atoms with Crippen LogP contribution in [0, 0.1) is 5.92 Å². The van der Waals surface area contributed by atoms with Crippen LogP contribution in [0.3, 0.4) is 0 Å². The molecule has 0 aliphatic heterocycles. The van der Waals surface area contributed by atoms with Gasteiger partial charge in [0.15, 0.2) is 0 Å². The number of aromatic nitrogens is 4. The first-order valence-corrected chi connectivity index (χ1v) is 16.5. The van der Waals surface area contributed by atoms with Crippen molar-refractivity contribution in [2.24, 2.45) is 24.4 Å². The predicted molar refractivity (Wildman–Crippen MR) is 193 cm³/mol. The van der Waals surface area contributed by atoms with Crippen molar-refractivity contribution in [2.45, 2.75) is 71.7 Å². The van der Waals surface area contributed by atoms with Crippen LogP contribution in [-0.2, 0) is 36.2 Å². The lowest BCUT2D eigenvalue weighted by Crippen LogP contribution is -2.49. The number of rotatable bonds is 14. The Bertz CT molecular complexity index is 2060. The molecule has 49 heavy (non-hydrogen) atoms. The summed E-state index contributed by atoms with van der Waals surface area (Å²) in [6, 6.07) is 16.7. The number of nitrogens with two attached hydrogens (primary N) is 2. The van der Waals surface area contributed by atoms with E-state index in [4.69, 9.17) is 16.5 Å². The van der Waals surface area contributed by atoms with E-state index in [2.05, 4.69) is 34.1 Å². The molecule has 2 amide bonds. The molecule has 0 bridgehead atoms. The molecular weight excluding hydrogens is 620 g/mol. The number of amides is 2. The zero-order valence-electron chi connectivity index (χ0n) is 28.8. The van der Waals surface area contributed by atoms with Crippen LogP contribution in [0.25, 0.3) is 32.9 Å². The fraction of sp³-hybridized carbons (Fsp3) is 0.378. The summed E-state index contributed by atoms with van der Waals surface area (Å²) in [7, 11) is 1.68. The van der Waals surface area contributed by atoms with E-state index in [1.165, 1.54) is 4.68 Å². The number of hydrogen-bond donors (Lipinski definition) is 5. The van der Waals surface area contributed by atoms with Crippen LogP contribution in [0.15, 0.2) is 65.6 Å². The van der Waals surface area contributed by atoms with Gasteiger partial charge in [-0.3, -0.25) is 14.4 Å². The number of fused-ring (bicyclic) bond motifs is 2. The van der Waals surface area contributed by atoms with Crippen LogP contribution >= 0.6 is 0 Å². The molecule has 0 saturated heterocycles.